The summed E-state index contributed by atoms with van der Waals surface area (Å²) in [7, 11) is 0. The SMILES string of the molecule is CCOc1ccc(C(=O)OCC(=O)Nc2cccc(C(=O)NC3CC3)c2)cc1[N+](=O)[O-]. The molecule has 2 aromatic carbocycles. The zero-order valence-electron chi connectivity index (χ0n) is 16.8. The molecule has 31 heavy (non-hydrogen) atoms. The van der Waals surface area contributed by atoms with Crippen molar-refractivity contribution in [3.05, 3.63) is 63.7 Å². The smallest absolute Gasteiger partial charge is 0.338 e. The number of benzene rings is 2. The lowest BCUT2D eigenvalue weighted by atomic mass is 10.2. The highest BCUT2D eigenvalue weighted by atomic mass is 16.6. The van der Waals surface area contributed by atoms with E-state index in [9.17, 15) is 24.5 Å². The Morgan fingerprint density at radius 2 is 1.90 bits per heavy atom. The Hall–Kier alpha value is -3.95. The number of ether oxygens (including phenoxy) is 2. The molecule has 0 spiro atoms. The normalized spacial score (nSPS) is 12.5. The van der Waals surface area contributed by atoms with Crippen molar-refractivity contribution in [1.29, 1.82) is 0 Å². The first-order valence-electron chi connectivity index (χ1n) is 9.66. The second kappa shape index (κ2) is 9.70. The van der Waals surface area contributed by atoms with Crippen LogP contribution in [0, 0.1) is 10.1 Å². The van der Waals surface area contributed by atoms with Gasteiger partial charge in [0.1, 0.15) is 0 Å². The van der Waals surface area contributed by atoms with Gasteiger partial charge in [0.05, 0.1) is 17.1 Å². The van der Waals surface area contributed by atoms with E-state index in [1.807, 2.05) is 0 Å². The van der Waals surface area contributed by atoms with E-state index in [4.69, 9.17) is 9.47 Å². The first-order chi connectivity index (χ1) is 14.9. The fraction of sp³-hybridized carbons (Fsp3) is 0.286. The van der Waals surface area contributed by atoms with Crippen molar-refractivity contribution in [2.45, 2.75) is 25.8 Å². The molecule has 0 aromatic heterocycles. The standard InChI is InChI=1S/C21H21N3O7/c1-2-30-18-9-6-14(11-17(18)24(28)29)21(27)31-12-19(25)22-16-5-3-4-13(10-16)20(26)23-15-7-8-15/h3-6,9-11,15H,2,7-8,12H2,1H3,(H,22,25)(H,23,26). The molecule has 1 saturated carbocycles. The summed E-state index contributed by atoms with van der Waals surface area (Å²) >= 11 is 0. The van der Waals surface area contributed by atoms with E-state index >= 15 is 0 Å². The molecule has 0 aliphatic heterocycles. The number of amides is 2. The largest absolute Gasteiger partial charge is 0.487 e. The molecule has 1 aliphatic rings. The molecule has 3 rings (SSSR count). The van der Waals surface area contributed by atoms with Gasteiger partial charge in [-0.25, -0.2) is 4.79 Å². The van der Waals surface area contributed by atoms with Gasteiger partial charge in [0.15, 0.2) is 12.4 Å². The van der Waals surface area contributed by atoms with Crippen LogP contribution in [0.2, 0.25) is 0 Å². The van der Waals surface area contributed by atoms with Gasteiger partial charge in [-0.3, -0.25) is 19.7 Å². The fourth-order valence-corrected chi connectivity index (χ4v) is 2.71. The number of nitro benzene ring substituents is 1. The third kappa shape index (κ3) is 6.01. The third-order valence-corrected chi connectivity index (χ3v) is 4.35. The monoisotopic (exact) mass is 427 g/mol. The Kier molecular flexibility index (Phi) is 6.81. The van der Waals surface area contributed by atoms with Crippen LogP contribution >= 0.6 is 0 Å². The maximum absolute atomic E-state index is 12.2. The number of nitrogens with one attached hydrogen (secondary N) is 2. The zero-order chi connectivity index (χ0) is 22.4. The van der Waals surface area contributed by atoms with E-state index in [-0.39, 0.29) is 35.6 Å². The Labute approximate surface area is 177 Å². The van der Waals surface area contributed by atoms with Crippen molar-refractivity contribution in [2.75, 3.05) is 18.5 Å². The van der Waals surface area contributed by atoms with Crippen molar-refractivity contribution >= 4 is 29.2 Å². The van der Waals surface area contributed by atoms with Crippen LogP contribution in [0.1, 0.15) is 40.5 Å². The van der Waals surface area contributed by atoms with Gasteiger partial charge in [-0.05, 0) is 50.1 Å². The first-order valence-corrected chi connectivity index (χ1v) is 9.66. The zero-order valence-corrected chi connectivity index (χ0v) is 16.8. The van der Waals surface area contributed by atoms with Gasteiger partial charge < -0.3 is 20.1 Å². The molecule has 0 heterocycles. The minimum Gasteiger partial charge on any atom is -0.487 e. The summed E-state index contributed by atoms with van der Waals surface area (Å²) < 4.78 is 10.1. The highest BCUT2D eigenvalue weighted by molar-refractivity contribution is 5.98. The van der Waals surface area contributed by atoms with E-state index < -0.39 is 23.4 Å². The van der Waals surface area contributed by atoms with E-state index in [1.165, 1.54) is 18.2 Å². The average Bonchev–Trinajstić information content (AvgIpc) is 3.56. The lowest BCUT2D eigenvalue weighted by molar-refractivity contribution is -0.385. The minimum absolute atomic E-state index is 0.0346. The first kappa shape index (κ1) is 21.8. The Balaban J connectivity index is 1.57. The predicted octanol–water partition coefficient (Wildman–Crippen LogP) is 2.68. The van der Waals surface area contributed by atoms with Crippen LogP contribution in [0.5, 0.6) is 5.75 Å². The molecule has 2 N–H and O–H groups in total. The fourth-order valence-electron chi connectivity index (χ4n) is 2.71. The summed E-state index contributed by atoms with van der Waals surface area (Å²) in [5, 5.41) is 16.6. The summed E-state index contributed by atoms with van der Waals surface area (Å²) in [6, 6.07) is 10.2. The number of anilines is 1. The lowest BCUT2D eigenvalue weighted by Crippen LogP contribution is -2.25. The van der Waals surface area contributed by atoms with E-state index in [1.54, 1.807) is 25.1 Å². The van der Waals surface area contributed by atoms with Crippen LogP contribution < -0.4 is 15.4 Å². The van der Waals surface area contributed by atoms with Gasteiger partial charge in [0.2, 0.25) is 0 Å². The number of nitro groups is 1. The molecule has 0 saturated heterocycles. The summed E-state index contributed by atoms with van der Waals surface area (Å²) in [6.07, 6.45) is 1.93. The number of carbonyl (C=O) groups excluding carboxylic acids is 3. The third-order valence-electron chi connectivity index (χ3n) is 4.35. The molecular weight excluding hydrogens is 406 g/mol. The summed E-state index contributed by atoms with van der Waals surface area (Å²) in [4.78, 5) is 46.9. The maximum atomic E-state index is 12.2. The van der Waals surface area contributed by atoms with E-state index in [0.29, 0.717) is 11.3 Å². The number of carbonyl (C=O) groups is 3. The number of hydrogen-bond acceptors (Lipinski definition) is 7. The number of rotatable bonds is 9. The quantitative estimate of drug-likeness (QED) is 0.356. The van der Waals surface area contributed by atoms with Crippen LogP contribution in [0.3, 0.4) is 0 Å². The summed E-state index contributed by atoms with van der Waals surface area (Å²) in [6.45, 7) is 1.31. The van der Waals surface area contributed by atoms with Gasteiger partial charge in [0.25, 0.3) is 11.8 Å². The molecule has 0 atom stereocenters. The summed E-state index contributed by atoms with van der Waals surface area (Å²) in [5.41, 5.74) is 0.327. The highest BCUT2D eigenvalue weighted by Gasteiger charge is 2.24. The second-order valence-electron chi connectivity index (χ2n) is 6.83. The van der Waals surface area contributed by atoms with Crippen LogP contribution in [-0.4, -0.2) is 42.0 Å². The summed E-state index contributed by atoms with van der Waals surface area (Å²) in [5.74, 6) is -1.69. The minimum atomic E-state index is -0.890. The Morgan fingerprint density at radius 1 is 1.13 bits per heavy atom. The van der Waals surface area contributed by atoms with Crippen LogP contribution in [0.15, 0.2) is 42.5 Å². The van der Waals surface area contributed by atoms with Gasteiger partial charge >= 0.3 is 11.7 Å². The Bertz CT molecular complexity index is 1020. The molecule has 162 valence electrons. The lowest BCUT2D eigenvalue weighted by Gasteiger charge is -2.09. The van der Waals surface area contributed by atoms with Crippen molar-refractivity contribution in [3.63, 3.8) is 0 Å². The van der Waals surface area contributed by atoms with Gasteiger partial charge in [-0.15, -0.1) is 0 Å². The van der Waals surface area contributed by atoms with Crippen LogP contribution in [0.4, 0.5) is 11.4 Å². The average molecular weight is 427 g/mol. The molecule has 10 nitrogen and oxygen atoms in total. The molecule has 2 amide bonds. The molecule has 2 aromatic rings. The van der Waals surface area contributed by atoms with E-state index in [0.717, 1.165) is 18.9 Å². The van der Waals surface area contributed by atoms with E-state index in [2.05, 4.69) is 10.6 Å². The Morgan fingerprint density at radius 3 is 2.58 bits per heavy atom. The van der Waals surface area contributed by atoms with Gasteiger partial charge in [-0.2, -0.15) is 0 Å². The highest BCUT2D eigenvalue weighted by Crippen LogP contribution is 2.28. The maximum Gasteiger partial charge on any atom is 0.338 e. The van der Waals surface area contributed by atoms with Gasteiger partial charge in [0, 0.05) is 23.4 Å². The van der Waals surface area contributed by atoms with Crippen LogP contribution in [0.25, 0.3) is 0 Å². The van der Waals surface area contributed by atoms with Crippen molar-refractivity contribution in [1.82, 2.24) is 5.32 Å². The van der Waals surface area contributed by atoms with Crippen molar-refractivity contribution < 1.29 is 28.8 Å². The van der Waals surface area contributed by atoms with Crippen molar-refractivity contribution in [2.24, 2.45) is 0 Å². The molecule has 0 unspecified atom stereocenters. The molecule has 1 aliphatic carbocycles. The molecule has 10 heteroatoms. The molecule has 1 fully saturated rings. The topological polar surface area (TPSA) is 137 Å². The van der Waals surface area contributed by atoms with Crippen LogP contribution in [-0.2, 0) is 9.53 Å². The molecule has 0 bridgehead atoms. The van der Waals surface area contributed by atoms with Crippen molar-refractivity contribution in [3.8, 4) is 5.75 Å². The molecular formula is C21H21N3O7. The number of hydrogen-bond donors (Lipinski definition) is 2. The molecule has 0 radical (unpaired) electrons. The van der Waals surface area contributed by atoms with Gasteiger partial charge in [-0.1, -0.05) is 6.07 Å². The second-order valence-corrected chi connectivity index (χ2v) is 6.83. The number of esters is 1. The predicted molar refractivity (Wildman–Crippen MR) is 110 cm³/mol. The number of nitrogens with zero attached hydrogens (tertiary/aromatic N) is 1.